The van der Waals surface area contributed by atoms with E-state index in [0.29, 0.717) is 17.5 Å². The van der Waals surface area contributed by atoms with Gasteiger partial charge in [-0.05, 0) is 69.1 Å². The van der Waals surface area contributed by atoms with E-state index in [2.05, 4.69) is 180 Å². The van der Waals surface area contributed by atoms with Gasteiger partial charge in [0, 0.05) is 27.9 Å². The lowest BCUT2D eigenvalue weighted by molar-refractivity contribution is 1.08. The van der Waals surface area contributed by atoms with Crippen LogP contribution < -0.4 is 0 Å². The SMILES string of the molecule is c1ccc(-n2c(-c3ccc(-c4ccc(-c5nc(-c6ccc7ccccc7c6)nc(-c6ccc7ccccc7c6)n5)cc4)cc3)nc3ccccc32)cc1. The van der Waals surface area contributed by atoms with E-state index in [4.69, 9.17) is 19.9 Å². The molecule has 10 aromatic rings. The van der Waals surface area contributed by atoms with Crippen molar-refractivity contribution < 1.29 is 0 Å². The third kappa shape index (κ3) is 5.71. The van der Waals surface area contributed by atoms with Crippen molar-refractivity contribution in [2.24, 2.45) is 0 Å². The molecule has 8 aromatic carbocycles. The molecular formula is C48H31N5. The Morgan fingerprint density at radius 3 is 1.32 bits per heavy atom. The number of hydrogen-bond acceptors (Lipinski definition) is 4. The third-order valence-corrected chi connectivity index (χ3v) is 9.85. The van der Waals surface area contributed by atoms with E-state index in [1.54, 1.807) is 0 Å². The van der Waals surface area contributed by atoms with Gasteiger partial charge in [-0.25, -0.2) is 19.9 Å². The van der Waals surface area contributed by atoms with Crippen LogP contribution in [0.25, 0.3) is 94.9 Å². The van der Waals surface area contributed by atoms with E-state index < -0.39 is 0 Å². The molecule has 10 rings (SSSR count). The molecule has 0 aliphatic rings. The Morgan fingerprint density at radius 2 is 0.736 bits per heavy atom. The van der Waals surface area contributed by atoms with Crippen LogP contribution in [0.2, 0.25) is 0 Å². The van der Waals surface area contributed by atoms with Crippen molar-refractivity contribution >= 4 is 32.6 Å². The summed E-state index contributed by atoms with van der Waals surface area (Å²) in [7, 11) is 0. The average molecular weight is 678 g/mol. The third-order valence-electron chi connectivity index (χ3n) is 9.85. The molecule has 0 atom stereocenters. The van der Waals surface area contributed by atoms with Gasteiger partial charge in [0.05, 0.1) is 11.0 Å². The Labute approximate surface area is 306 Å². The molecule has 248 valence electrons. The molecule has 0 saturated heterocycles. The molecule has 0 aliphatic heterocycles. The molecule has 0 radical (unpaired) electrons. The van der Waals surface area contributed by atoms with Crippen molar-refractivity contribution in [3.05, 3.63) is 188 Å². The number of aromatic nitrogens is 5. The molecular weight excluding hydrogens is 647 g/mol. The van der Waals surface area contributed by atoms with Crippen LogP contribution in [-0.4, -0.2) is 24.5 Å². The summed E-state index contributed by atoms with van der Waals surface area (Å²) in [5.41, 5.74) is 9.24. The normalized spacial score (nSPS) is 11.4. The highest BCUT2D eigenvalue weighted by atomic mass is 15.1. The van der Waals surface area contributed by atoms with Crippen molar-refractivity contribution in [2.45, 2.75) is 0 Å². The van der Waals surface area contributed by atoms with Crippen LogP contribution in [0.3, 0.4) is 0 Å². The molecule has 0 saturated carbocycles. The first kappa shape index (κ1) is 30.6. The molecule has 0 unspecified atom stereocenters. The Hall–Kier alpha value is -7.24. The first-order chi connectivity index (χ1) is 26.2. The maximum Gasteiger partial charge on any atom is 0.164 e. The smallest absolute Gasteiger partial charge is 0.164 e. The molecule has 5 nitrogen and oxygen atoms in total. The molecule has 53 heavy (non-hydrogen) atoms. The van der Waals surface area contributed by atoms with E-state index in [0.717, 1.165) is 66.7 Å². The van der Waals surface area contributed by atoms with E-state index in [-0.39, 0.29) is 0 Å². The fraction of sp³-hybridized carbons (Fsp3) is 0. The summed E-state index contributed by atoms with van der Waals surface area (Å²) in [6.45, 7) is 0. The molecule has 0 bridgehead atoms. The van der Waals surface area contributed by atoms with Gasteiger partial charge in [0.25, 0.3) is 0 Å². The van der Waals surface area contributed by atoms with Crippen molar-refractivity contribution in [2.75, 3.05) is 0 Å². The van der Waals surface area contributed by atoms with E-state index in [1.807, 2.05) is 12.1 Å². The molecule has 0 aliphatic carbocycles. The first-order valence-corrected chi connectivity index (χ1v) is 17.7. The second-order valence-electron chi connectivity index (χ2n) is 13.2. The summed E-state index contributed by atoms with van der Waals surface area (Å²) in [5, 5.41) is 4.65. The minimum absolute atomic E-state index is 0.632. The minimum atomic E-state index is 0.632. The van der Waals surface area contributed by atoms with Gasteiger partial charge in [0.2, 0.25) is 0 Å². The fourth-order valence-electron chi connectivity index (χ4n) is 7.10. The lowest BCUT2D eigenvalue weighted by Gasteiger charge is -2.11. The maximum atomic E-state index is 5.04. The molecule has 0 fully saturated rings. The van der Waals surface area contributed by atoms with Gasteiger partial charge < -0.3 is 0 Å². The summed E-state index contributed by atoms with van der Waals surface area (Å²) in [6.07, 6.45) is 0. The van der Waals surface area contributed by atoms with Crippen LogP contribution >= 0.6 is 0 Å². The average Bonchev–Trinajstić information content (AvgIpc) is 3.63. The molecule has 0 N–H and O–H groups in total. The number of para-hydroxylation sites is 3. The zero-order valence-electron chi connectivity index (χ0n) is 28.6. The van der Waals surface area contributed by atoms with Gasteiger partial charge in [-0.1, -0.05) is 152 Å². The van der Waals surface area contributed by atoms with Gasteiger partial charge >= 0.3 is 0 Å². The van der Waals surface area contributed by atoms with Crippen LogP contribution in [0.15, 0.2) is 188 Å². The van der Waals surface area contributed by atoms with Crippen LogP contribution in [0.5, 0.6) is 0 Å². The van der Waals surface area contributed by atoms with Gasteiger partial charge in [-0.3, -0.25) is 4.57 Å². The van der Waals surface area contributed by atoms with Crippen LogP contribution in [0, 0.1) is 0 Å². The van der Waals surface area contributed by atoms with Gasteiger partial charge in [-0.15, -0.1) is 0 Å². The topological polar surface area (TPSA) is 56.5 Å². The number of fused-ring (bicyclic) bond motifs is 3. The van der Waals surface area contributed by atoms with Gasteiger partial charge in [0.1, 0.15) is 5.82 Å². The summed E-state index contributed by atoms with van der Waals surface area (Å²) in [5.74, 6) is 2.84. The summed E-state index contributed by atoms with van der Waals surface area (Å²) < 4.78 is 2.23. The largest absolute Gasteiger partial charge is 0.292 e. The van der Waals surface area contributed by atoms with E-state index in [9.17, 15) is 0 Å². The van der Waals surface area contributed by atoms with Crippen molar-refractivity contribution in [3.8, 4) is 62.4 Å². The van der Waals surface area contributed by atoms with Crippen molar-refractivity contribution in [1.29, 1.82) is 0 Å². The molecule has 2 aromatic heterocycles. The summed E-state index contributed by atoms with van der Waals surface area (Å²) in [4.78, 5) is 20.1. The maximum absolute atomic E-state index is 5.04. The Kier molecular flexibility index (Phi) is 7.40. The standard InChI is InChI=1S/C48H31N5/c1-2-14-42(15-3-1)53-44-17-9-8-16-43(44)49-48(53)37-26-20-35(21-27-37)34-18-24-36(25-19-34)45-50-46(40-28-22-32-10-4-6-12-38(32)30-40)52-47(51-45)41-29-23-33-11-5-7-13-39(33)31-41/h1-31H. The second-order valence-corrected chi connectivity index (χ2v) is 13.2. The van der Waals surface area contributed by atoms with Gasteiger partial charge in [-0.2, -0.15) is 0 Å². The first-order valence-electron chi connectivity index (χ1n) is 17.7. The number of nitrogens with zero attached hydrogens (tertiary/aromatic N) is 5. The monoisotopic (exact) mass is 677 g/mol. The van der Waals surface area contributed by atoms with Crippen LogP contribution in [0.4, 0.5) is 0 Å². The van der Waals surface area contributed by atoms with E-state index in [1.165, 1.54) is 10.8 Å². The molecule has 0 amide bonds. The fourth-order valence-corrected chi connectivity index (χ4v) is 7.10. The highest BCUT2D eigenvalue weighted by Crippen LogP contribution is 2.32. The Bertz CT molecular complexity index is 2830. The number of benzene rings is 8. The highest BCUT2D eigenvalue weighted by Gasteiger charge is 2.16. The number of rotatable bonds is 6. The van der Waals surface area contributed by atoms with Crippen LogP contribution in [-0.2, 0) is 0 Å². The number of imidazole rings is 1. The van der Waals surface area contributed by atoms with Gasteiger partial charge in [0.15, 0.2) is 17.5 Å². The van der Waals surface area contributed by atoms with Crippen LogP contribution in [0.1, 0.15) is 0 Å². The second kappa shape index (κ2) is 12.8. The molecule has 2 heterocycles. The summed E-state index contributed by atoms with van der Waals surface area (Å²) >= 11 is 0. The van der Waals surface area contributed by atoms with Crippen molar-refractivity contribution in [1.82, 2.24) is 24.5 Å². The zero-order valence-corrected chi connectivity index (χ0v) is 28.6. The summed E-state index contributed by atoms with van der Waals surface area (Å²) in [6, 6.07) is 65.2. The molecule has 0 spiro atoms. The van der Waals surface area contributed by atoms with Crippen molar-refractivity contribution in [3.63, 3.8) is 0 Å². The number of hydrogen-bond donors (Lipinski definition) is 0. The minimum Gasteiger partial charge on any atom is -0.292 e. The predicted molar refractivity (Wildman–Crippen MR) is 217 cm³/mol. The van der Waals surface area contributed by atoms with E-state index >= 15 is 0 Å². The molecule has 5 heteroatoms. The lowest BCUT2D eigenvalue weighted by Crippen LogP contribution is -2.00. The predicted octanol–water partition coefficient (Wildman–Crippen LogP) is 11.9. The Morgan fingerprint density at radius 1 is 0.302 bits per heavy atom. The quantitative estimate of drug-likeness (QED) is 0.176. The lowest BCUT2D eigenvalue weighted by atomic mass is 10.0. The highest BCUT2D eigenvalue weighted by molar-refractivity contribution is 5.89. The zero-order chi connectivity index (χ0) is 35.1. The Balaban J connectivity index is 1.01.